The first-order valence-corrected chi connectivity index (χ1v) is 11.4. The van der Waals surface area contributed by atoms with Gasteiger partial charge in [0, 0.05) is 17.6 Å². The first-order valence-electron chi connectivity index (χ1n) is 9.51. The first-order chi connectivity index (χ1) is 13.5. The van der Waals surface area contributed by atoms with Crippen LogP contribution in [0, 0.1) is 0 Å². The predicted molar refractivity (Wildman–Crippen MR) is 114 cm³/mol. The Labute approximate surface area is 171 Å². The van der Waals surface area contributed by atoms with Gasteiger partial charge in [-0.25, -0.2) is 13.1 Å². The molecule has 0 unspecified atom stereocenters. The highest BCUT2D eigenvalue weighted by molar-refractivity contribution is 7.89. The molecule has 1 heterocycles. The second-order valence-corrected chi connectivity index (χ2v) is 9.34. The van der Waals surface area contributed by atoms with Gasteiger partial charge in [0.15, 0.2) is 0 Å². The fraction of sp³-hybridized carbons (Fsp3) is 0.273. The lowest BCUT2D eigenvalue weighted by Gasteiger charge is -2.29. The molecule has 0 aromatic heterocycles. The van der Waals surface area contributed by atoms with Crippen molar-refractivity contribution in [1.82, 2.24) is 9.62 Å². The Balaban J connectivity index is 1.65. The van der Waals surface area contributed by atoms with Gasteiger partial charge in [-0.2, -0.15) is 0 Å². The summed E-state index contributed by atoms with van der Waals surface area (Å²) in [5.41, 5.74) is 1.17. The van der Waals surface area contributed by atoms with Crippen molar-refractivity contribution in [2.24, 2.45) is 0 Å². The van der Waals surface area contributed by atoms with E-state index in [9.17, 15) is 8.42 Å². The average Bonchev–Trinajstić information content (AvgIpc) is 3.23. The van der Waals surface area contributed by atoms with Crippen LogP contribution in [0.3, 0.4) is 0 Å². The highest BCUT2D eigenvalue weighted by atomic mass is 35.5. The topological polar surface area (TPSA) is 49.4 Å². The lowest BCUT2D eigenvalue weighted by molar-refractivity contribution is 0.248. The van der Waals surface area contributed by atoms with Crippen LogP contribution in [0.5, 0.6) is 0 Å². The van der Waals surface area contributed by atoms with E-state index in [1.54, 1.807) is 12.1 Å². The second-order valence-electron chi connectivity index (χ2n) is 7.13. The largest absolute Gasteiger partial charge is 0.295 e. The summed E-state index contributed by atoms with van der Waals surface area (Å²) in [5, 5.41) is 2.86. The summed E-state index contributed by atoms with van der Waals surface area (Å²) < 4.78 is 28.4. The number of sulfonamides is 1. The molecule has 1 fully saturated rings. The van der Waals surface area contributed by atoms with Gasteiger partial charge >= 0.3 is 0 Å². The Morgan fingerprint density at radius 2 is 1.61 bits per heavy atom. The number of rotatable bonds is 6. The van der Waals surface area contributed by atoms with Crippen molar-refractivity contribution in [2.75, 3.05) is 19.6 Å². The van der Waals surface area contributed by atoms with Crippen molar-refractivity contribution in [2.45, 2.75) is 23.8 Å². The molecule has 3 aromatic rings. The van der Waals surface area contributed by atoms with Crippen LogP contribution in [0.25, 0.3) is 10.8 Å². The second kappa shape index (κ2) is 8.21. The van der Waals surface area contributed by atoms with Crippen LogP contribution in [0.1, 0.15) is 24.4 Å². The molecule has 3 aromatic carbocycles. The van der Waals surface area contributed by atoms with Crippen LogP contribution < -0.4 is 4.72 Å². The molecule has 1 saturated heterocycles. The van der Waals surface area contributed by atoms with Gasteiger partial charge in [-0.15, -0.1) is 0 Å². The molecular weight excluding hydrogens is 392 g/mol. The zero-order chi connectivity index (χ0) is 19.6. The maximum Gasteiger partial charge on any atom is 0.240 e. The predicted octanol–water partition coefficient (Wildman–Crippen LogP) is 4.61. The van der Waals surface area contributed by atoms with E-state index in [-0.39, 0.29) is 10.9 Å². The minimum atomic E-state index is -3.60. The number of hydrogen-bond acceptors (Lipinski definition) is 3. The summed E-state index contributed by atoms with van der Waals surface area (Å²) in [4.78, 5) is 2.61. The minimum absolute atomic E-state index is 0.00400. The molecule has 0 bridgehead atoms. The van der Waals surface area contributed by atoms with Crippen molar-refractivity contribution in [3.05, 3.63) is 77.3 Å². The summed E-state index contributed by atoms with van der Waals surface area (Å²) in [6.07, 6.45) is 2.29. The molecule has 1 aliphatic rings. The van der Waals surface area contributed by atoms with E-state index in [4.69, 9.17) is 11.6 Å². The standard InChI is InChI=1S/C22H23ClN2O2S/c23-18-10-12-19(13-11-18)28(26,27)24-16-22(25-14-3-4-15-25)21-9-5-7-17-6-1-2-8-20(17)21/h1-2,5-13,22,24H,3-4,14-16H2/t22-/m0/s1. The number of benzene rings is 3. The van der Waals surface area contributed by atoms with Crippen LogP contribution >= 0.6 is 11.6 Å². The van der Waals surface area contributed by atoms with Crippen molar-refractivity contribution in [3.63, 3.8) is 0 Å². The monoisotopic (exact) mass is 414 g/mol. The van der Waals surface area contributed by atoms with Crippen LogP contribution in [-0.4, -0.2) is 33.0 Å². The highest BCUT2D eigenvalue weighted by Gasteiger charge is 2.26. The molecule has 0 amide bonds. The molecule has 4 rings (SSSR count). The Bertz CT molecular complexity index is 1060. The van der Waals surface area contributed by atoms with Gasteiger partial charge in [-0.1, -0.05) is 54.1 Å². The van der Waals surface area contributed by atoms with Crippen molar-refractivity contribution in [1.29, 1.82) is 0 Å². The number of fused-ring (bicyclic) bond motifs is 1. The van der Waals surface area contributed by atoms with Crippen LogP contribution in [0.2, 0.25) is 5.02 Å². The van der Waals surface area contributed by atoms with Gasteiger partial charge in [0.2, 0.25) is 10.0 Å². The summed E-state index contributed by atoms with van der Waals surface area (Å²) >= 11 is 5.89. The Morgan fingerprint density at radius 3 is 2.36 bits per heavy atom. The van der Waals surface area contributed by atoms with E-state index in [1.165, 1.54) is 28.5 Å². The summed E-state index contributed by atoms with van der Waals surface area (Å²) in [7, 11) is -3.60. The molecule has 0 aliphatic carbocycles. The van der Waals surface area contributed by atoms with Crippen molar-refractivity contribution in [3.8, 4) is 0 Å². The maximum absolute atomic E-state index is 12.8. The van der Waals surface area contributed by atoms with Crippen molar-refractivity contribution < 1.29 is 8.42 Å². The molecule has 4 nitrogen and oxygen atoms in total. The van der Waals surface area contributed by atoms with E-state index in [2.05, 4.69) is 40.0 Å². The summed E-state index contributed by atoms with van der Waals surface area (Å²) in [6, 6.07) is 20.8. The number of nitrogens with zero attached hydrogens (tertiary/aromatic N) is 1. The molecule has 6 heteroatoms. The van der Waals surface area contributed by atoms with Gasteiger partial charge in [-0.05, 0) is 66.5 Å². The van der Waals surface area contributed by atoms with E-state index in [0.717, 1.165) is 25.9 Å². The molecule has 0 spiro atoms. The van der Waals surface area contributed by atoms with Gasteiger partial charge in [-0.3, -0.25) is 4.90 Å². The van der Waals surface area contributed by atoms with E-state index in [0.29, 0.717) is 11.6 Å². The Hall–Kier alpha value is -1.92. The molecular formula is C22H23ClN2O2S. The average molecular weight is 415 g/mol. The van der Waals surface area contributed by atoms with Crippen molar-refractivity contribution >= 4 is 32.4 Å². The molecule has 1 atom stereocenters. The molecule has 28 heavy (non-hydrogen) atoms. The summed E-state index contributed by atoms with van der Waals surface area (Å²) in [5.74, 6) is 0. The maximum atomic E-state index is 12.8. The first kappa shape index (κ1) is 19.4. The zero-order valence-electron chi connectivity index (χ0n) is 15.5. The molecule has 146 valence electrons. The lowest BCUT2D eigenvalue weighted by Crippen LogP contribution is -2.36. The normalized spacial score (nSPS) is 16.5. The molecule has 1 aliphatic heterocycles. The smallest absolute Gasteiger partial charge is 0.240 e. The zero-order valence-corrected chi connectivity index (χ0v) is 17.1. The quantitative estimate of drug-likeness (QED) is 0.640. The highest BCUT2D eigenvalue weighted by Crippen LogP contribution is 2.30. The lowest BCUT2D eigenvalue weighted by atomic mass is 9.98. The van der Waals surface area contributed by atoms with E-state index < -0.39 is 10.0 Å². The van der Waals surface area contributed by atoms with Crippen LogP contribution in [-0.2, 0) is 10.0 Å². The molecule has 0 saturated carbocycles. The SMILES string of the molecule is O=S(=O)(NC[C@@H](c1cccc2ccccc12)N1CCCC1)c1ccc(Cl)cc1. The van der Waals surface area contributed by atoms with Gasteiger partial charge in [0.1, 0.15) is 0 Å². The Kier molecular flexibility index (Phi) is 5.69. The Morgan fingerprint density at radius 1 is 0.929 bits per heavy atom. The fourth-order valence-electron chi connectivity index (χ4n) is 3.92. The number of nitrogens with one attached hydrogen (secondary N) is 1. The minimum Gasteiger partial charge on any atom is -0.295 e. The van der Waals surface area contributed by atoms with Gasteiger partial charge in [0.05, 0.1) is 4.90 Å². The third-order valence-electron chi connectivity index (χ3n) is 5.35. The van der Waals surface area contributed by atoms with E-state index >= 15 is 0 Å². The number of likely N-dealkylation sites (tertiary alicyclic amines) is 1. The summed E-state index contributed by atoms with van der Waals surface area (Å²) in [6.45, 7) is 2.30. The van der Waals surface area contributed by atoms with Crippen LogP contribution in [0.15, 0.2) is 71.6 Å². The van der Waals surface area contributed by atoms with Gasteiger partial charge in [0.25, 0.3) is 0 Å². The third-order valence-corrected chi connectivity index (χ3v) is 7.05. The molecule has 0 radical (unpaired) electrons. The van der Waals surface area contributed by atoms with Gasteiger partial charge < -0.3 is 0 Å². The number of hydrogen-bond donors (Lipinski definition) is 1. The fourth-order valence-corrected chi connectivity index (χ4v) is 5.08. The van der Waals surface area contributed by atoms with E-state index in [1.807, 2.05) is 12.1 Å². The van der Waals surface area contributed by atoms with Crippen LogP contribution in [0.4, 0.5) is 0 Å². The molecule has 1 N–H and O–H groups in total. The number of halogens is 1. The third kappa shape index (κ3) is 4.08.